The number of esters is 4. The fourth-order valence-corrected chi connectivity index (χ4v) is 5.76. The minimum Gasteiger partial charge on any atom is -0.494 e. The first kappa shape index (κ1) is 43.5. The molecule has 56 heavy (non-hydrogen) atoms. The van der Waals surface area contributed by atoms with E-state index in [0.717, 1.165) is 74.0 Å². The lowest BCUT2D eigenvalue weighted by atomic mass is 10.1. The molecule has 0 aliphatic carbocycles. The third-order valence-electron chi connectivity index (χ3n) is 8.86. The third-order valence-corrected chi connectivity index (χ3v) is 8.86. The van der Waals surface area contributed by atoms with Gasteiger partial charge in [-0.2, -0.15) is 0 Å². The molecule has 12 nitrogen and oxygen atoms in total. The second-order valence-corrected chi connectivity index (χ2v) is 13.7. The Labute approximate surface area is 329 Å². The fraction of sp³-hybridized carbons (Fsp3) is 0.455. The van der Waals surface area contributed by atoms with Gasteiger partial charge in [0.2, 0.25) is 0 Å². The number of unbranched alkanes of at least 4 members (excludes halogenated alkanes) is 6. The molecule has 2 aromatic rings. The van der Waals surface area contributed by atoms with Crippen LogP contribution < -0.4 is 9.47 Å². The van der Waals surface area contributed by atoms with Crippen LogP contribution in [-0.2, 0) is 47.6 Å². The van der Waals surface area contributed by atoms with Crippen molar-refractivity contribution in [3.05, 3.63) is 96.1 Å². The van der Waals surface area contributed by atoms with E-state index in [2.05, 4.69) is 13.2 Å². The van der Waals surface area contributed by atoms with Gasteiger partial charge in [-0.3, -0.25) is 0 Å². The van der Waals surface area contributed by atoms with E-state index >= 15 is 0 Å². The molecule has 2 aliphatic heterocycles. The molecule has 12 heteroatoms. The number of hydrogen-bond acceptors (Lipinski definition) is 12. The van der Waals surface area contributed by atoms with Gasteiger partial charge in [0, 0.05) is 23.3 Å². The van der Waals surface area contributed by atoms with Crippen LogP contribution in [-0.4, -0.2) is 87.9 Å². The van der Waals surface area contributed by atoms with Crippen molar-refractivity contribution >= 4 is 36.0 Å². The summed E-state index contributed by atoms with van der Waals surface area (Å²) in [5.74, 6) is -0.309. The molecule has 0 radical (unpaired) electrons. The van der Waals surface area contributed by atoms with Crippen LogP contribution in [0.2, 0.25) is 0 Å². The first-order valence-electron chi connectivity index (χ1n) is 19.2. The molecular formula is C44H54O12. The Bertz CT molecular complexity index is 1540. The zero-order chi connectivity index (χ0) is 40.1. The van der Waals surface area contributed by atoms with Crippen molar-refractivity contribution in [2.45, 2.75) is 89.6 Å². The number of benzene rings is 2. The van der Waals surface area contributed by atoms with Gasteiger partial charge in [-0.05, 0) is 113 Å². The van der Waals surface area contributed by atoms with Crippen LogP contribution in [0, 0.1) is 0 Å². The first-order chi connectivity index (χ1) is 27.1. The summed E-state index contributed by atoms with van der Waals surface area (Å²) in [7, 11) is 0. The molecule has 4 atom stereocenters. The number of carbonyl (C=O) groups is 4. The van der Waals surface area contributed by atoms with Gasteiger partial charge in [0.1, 0.15) is 23.7 Å². The molecular weight excluding hydrogens is 720 g/mol. The molecule has 2 heterocycles. The molecule has 4 rings (SSSR count). The van der Waals surface area contributed by atoms with E-state index < -0.39 is 36.4 Å². The van der Waals surface area contributed by atoms with Gasteiger partial charge in [-0.15, -0.1) is 0 Å². The Balaban J connectivity index is 1.07. The lowest BCUT2D eigenvalue weighted by molar-refractivity contribution is -0.149. The molecule has 2 aromatic carbocycles. The Morgan fingerprint density at radius 1 is 0.571 bits per heavy atom. The van der Waals surface area contributed by atoms with E-state index in [0.29, 0.717) is 37.6 Å². The van der Waals surface area contributed by atoms with Crippen LogP contribution in [0.15, 0.2) is 85.0 Å². The van der Waals surface area contributed by atoms with Gasteiger partial charge in [0.05, 0.1) is 39.6 Å². The third kappa shape index (κ3) is 15.5. The van der Waals surface area contributed by atoms with Gasteiger partial charge in [-0.25, -0.2) is 19.2 Å². The predicted molar refractivity (Wildman–Crippen MR) is 210 cm³/mol. The average molecular weight is 775 g/mol. The second kappa shape index (κ2) is 23.7. The molecule has 0 saturated carbocycles. The van der Waals surface area contributed by atoms with Crippen LogP contribution in [0.4, 0.5) is 0 Å². The molecule has 0 N–H and O–H groups in total. The summed E-state index contributed by atoms with van der Waals surface area (Å²) in [5, 5.41) is 0. The number of carbonyl (C=O) groups excluding carboxylic acids is 4. The fourth-order valence-electron chi connectivity index (χ4n) is 5.76. The van der Waals surface area contributed by atoms with Crippen molar-refractivity contribution < 1.29 is 57.1 Å². The summed E-state index contributed by atoms with van der Waals surface area (Å²) in [6.45, 7) is 12.6. The maximum atomic E-state index is 12.6. The summed E-state index contributed by atoms with van der Waals surface area (Å²) in [6, 6.07) is 14.8. The zero-order valence-electron chi connectivity index (χ0n) is 32.5. The van der Waals surface area contributed by atoms with Crippen molar-refractivity contribution in [3.63, 3.8) is 0 Å². The minimum atomic E-state index is -0.627. The highest BCUT2D eigenvalue weighted by atomic mass is 16.7. The maximum absolute atomic E-state index is 12.6. The normalized spacial score (nSPS) is 18.7. The summed E-state index contributed by atoms with van der Waals surface area (Å²) in [6.07, 6.45) is 10.9. The quantitative estimate of drug-likeness (QED) is 0.0463. The van der Waals surface area contributed by atoms with Crippen molar-refractivity contribution in [3.8, 4) is 11.5 Å². The minimum absolute atomic E-state index is 0.134. The van der Waals surface area contributed by atoms with E-state index in [9.17, 15) is 19.2 Å². The van der Waals surface area contributed by atoms with Crippen molar-refractivity contribution in [1.82, 2.24) is 0 Å². The highest BCUT2D eigenvalue weighted by Gasteiger charge is 2.51. The standard InChI is InChI=1S/C44H54O12/c1-31(2)43(47)51-27-11-7-5-9-25-49-35-19-13-33(14-20-35)17-23-39(45)55-37-29-53-42-38(30-54-41(37)42)56-40(46)24-18-34-15-21-36(22-16-34)50-26-10-6-8-12-28-52-44(48)32(3)4/h13-24,37-38,41-42H,1,3,5-12,25-30H2,2,4H3/b23-17+,24-18+/t37-,38+,41-,42-/m1/s1. The van der Waals surface area contributed by atoms with Crippen LogP contribution >= 0.6 is 0 Å². The Hall–Kier alpha value is -5.20. The molecule has 2 fully saturated rings. The summed E-state index contributed by atoms with van der Waals surface area (Å²) in [5.41, 5.74) is 2.42. The lowest BCUT2D eigenvalue weighted by Gasteiger charge is -2.16. The average Bonchev–Trinajstić information content (AvgIpc) is 3.78. The second-order valence-electron chi connectivity index (χ2n) is 13.7. The van der Waals surface area contributed by atoms with Crippen LogP contribution in [0.3, 0.4) is 0 Å². The van der Waals surface area contributed by atoms with Gasteiger partial charge >= 0.3 is 23.9 Å². The number of hydrogen-bond donors (Lipinski definition) is 0. The molecule has 0 aromatic heterocycles. The number of fused-ring (bicyclic) bond motifs is 1. The smallest absolute Gasteiger partial charge is 0.333 e. The first-order valence-corrected chi connectivity index (χ1v) is 19.2. The Kier molecular flexibility index (Phi) is 18.4. The highest BCUT2D eigenvalue weighted by molar-refractivity contribution is 5.88. The van der Waals surface area contributed by atoms with Gasteiger partial charge in [0.25, 0.3) is 0 Å². The van der Waals surface area contributed by atoms with E-state index in [-0.39, 0.29) is 25.2 Å². The molecule has 2 saturated heterocycles. The van der Waals surface area contributed by atoms with Gasteiger partial charge in [0.15, 0.2) is 12.2 Å². The molecule has 0 spiro atoms. The molecule has 0 unspecified atom stereocenters. The van der Waals surface area contributed by atoms with Crippen molar-refractivity contribution in [2.24, 2.45) is 0 Å². The van der Waals surface area contributed by atoms with Crippen molar-refractivity contribution in [2.75, 3.05) is 39.6 Å². The van der Waals surface area contributed by atoms with Gasteiger partial charge < -0.3 is 37.9 Å². The molecule has 0 bridgehead atoms. The summed E-state index contributed by atoms with van der Waals surface area (Å²) >= 11 is 0. The lowest BCUT2D eigenvalue weighted by Crippen LogP contribution is -2.35. The van der Waals surface area contributed by atoms with Crippen LogP contribution in [0.5, 0.6) is 11.5 Å². The topological polar surface area (TPSA) is 142 Å². The van der Waals surface area contributed by atoms with Gasteiger partial charge in [-0.1, -0.05) is 37.4 Å². The molecule has 0 amide bonds. The van der Waals surface area contributed by atoms with E-state index in [1.807, 2.05) is 48.5 Å². The van der Waals surface area contributed by atoms with E-state index in [1.165, 1.54) is 12.2 Å². The zero-order valence-corrected chi connectivity index (χ0v) is 32.5. The summed E-state index contributed by atoms with van der Waals surface area (Å²) < 4.78 is 44.7. The maximum Gasteiger partial charge on any atom is 0.333 e. The number of ether oxygens (including phenoxy) is 8. The summed E-state index contributed by atoms with van der Waals surface area (Å²) in [4.78, 5) is 48.0. The van der Waals surface area contributed by atoms with E-state index in [1.54, 1.807) is 26.0 Å². The molecule has 302 valence electrons. The largest absolute Gasteiger partial charge is 0.494 e. The number of rotatable bonds is 24. The van der Waals surface area contributed by atoms with Crippen molar-refractivity contribution in [1.29, 1.82) is 0 Å². The SMILES string of the molecule is C=C(C)C(=O)OCCCCCCOc1ccc(/C=C/C(=O)O[C@H]2CO[C@H]3[C@@H]2OC[C@H]3OC(=O)/C=C/c2ccc(OCCCCCCOC(=O)C(=C)C)cc2)cc1. The Morgan fingerprint density at radius 2 is 0.929 bits per heavy atom. The van der Waals surface area contributed by atoms with E-state index in [4.69, 9.17) is 37.9 Å². The molecule has 2 aliphatic rings. The van der Waals surface area contributed by atoms with Crippen LogP contribution in [0.25, 0.3) is 12.2 Å². The Morgan fingerprint density at radius 3 is 1.29 bits per heavy atom. The van der Waals surface area contributed by atoms with Crippen LogP contribution in [0.1, 0.15) is 76.3 Å². The monoisotopic (exact) mass is 774 g/mol. The highest BCUT2D eigenvalue weighted by Crippen LogP contribution is 2.31. The predicted octanol–water partition coefficient (Wildman–Crippen LogP) is 7.15.